The number of carbonyl (C=O) groups excluding carboxylic acids is 1. The number of halogens is 1. The van der Waals surface area contributed by atoms with Gasteiger partial charge in [0.15, 0.2) is 0 Å². The highest BCUT2D eigenvalue weighted by Crippen LogP contribution is 2.15. The van der Waals surface area contributed by atoms with E-state index in [4.69, 9.17) is 0 Å². The third kappa shape index (κ3) is 6.46. The van der Waals surface area contributed by atoms with Crippen LogP contribution in [0.3, 0.4) is 0 Å². The fraction of sp³-hybridized carbons (Fsp3) is 0.526. The summed E-state index contributed by atoms with van der Waals surface area (Å²) in [7, 11) is 0. The second kappa shape index (κ2) is 10.3. The van der Waals surface area contributed by atoms with Crippen LogP contribution in [0.5, 0.6) is 0 Å². The van der Waals surface area contributed by atoms with E-state index in [0.717, 1.165) is 17.1 Å². The molecule has 2 aromatic rings. The van der Waals surface area contributed by atoms with Gasteiger partial charge in [0.2, 0.25) is 5.01 Å². The number of aromatic nitrogens is 2. The largest absolute Gasteiger partial charge is 0.346 e. The molecular formula is C19H27FN4OS. The van der Waals surface area contributed by atoms with Crippen molar-refractivity contribution < 1.29 is 9.18 Å². The third-order valence-corrected chi connectivity index (χ3v) is 5.05. The lowest BCUT2D eigenvalue weighted by Crippen LogP contribution is -2.31. The SMILES string of the molecule is CCCCCN(Cc1nnc(C(=O)NCc2ccc(F)cc2)s1)C(C)C. The number of amides is 1. The molecule has 1 heterocycles. The van der Waals surface area contributed by atoms with Crippen molar-refractivity contribution in [3.05, 3.63) is 45.7 Å². The monoisotopic (exact) mass is 378 g/mol. The predicted octanol–water partition coefficient (Wildman–Crippen LogP) is 4.01. The van der Waals surface area contributed by atoms with E-state index in [1.165, 1.54) is 42.7 Å². The number of unbranched alkanes of at least 4 members (excludes halogenated alkanes) is 2. The molecule has 0 fully saturated rings. The maximum Gasteiger partial charge on any atom is 0.282 e. The summed E-state index contributed by atoms with van der Waals surface area (Å²) in [5.41, 5.74) is 0.839. The fourth-order valence-electron chi connectivity index (χ4n) is 2.53. The van der Waals surface area contributed by atoms with Gasteiger partial charge in [-0.15, -0.1) is 10.2 Å². The lowest BCUT2D eigenvalue weighted by molar-refractivity contribution is 0.0950. The van der Waals surface area contributed by atoms with Gasteiger partial charge in [-0.05, 0) is 44.5 Å². The van der Waals surface area contributed by atoms with Crippen molar-refractivity contribution in [3.8, 4) is 0 Å². The highest BCUT2D eigenvalue weighted by Gasteiger charge is 2.16. The molecule has 0 bridgehead atoms. The minimum atomic E-state index is -0.289. The topological polar surface area (TPSA) is 58.1 Å². The van der Waals surface area contributed by atoms with E-state index in [1.807, 2.05) is 0 Å². The number of hydrogen-bond donors (Lipinski definition) is 1. The highest BCUT2D eigenvalue weighted by molar-refractivity contribution is 7.13. The first-order valence-electron chi connectivity index (χ1n) is 9.08. The van der Waals surface area contributed by atoms with Gasteiger partial charge in [-0.3, -0.25) is 9.69 Å². The van der Waals surface area contributed by atoms with Crippen molar-refractivity contribution >= 4 is 17.2 Å². The van der Waals surface area contributed by atoms with Crippen molar-refractivity contribution in [1.29, 1.82) is 0 Å². The molecule has 0 radical (unpaired) electrons. The number of carbonyl (C=O) groups is 1. The Morgan fingerprint density at radius 2 is 1.96 bits per heavy atom. The molecule has 0 aliphatic carbocycles. The van der Waals surface area contributed by atoms with Crippen LogP contribution in [0, 0.1) is 5.82 Å². The van der Waals surface area contributed by atoms with Gasteiger partial charge in [-0.25, -0.2) is 4.39 Å². The van der Waals surface area contributed by atoms with Crippen molar-refractivity contribution in [2.24, 2.45) is 0 Å². The van der Waals surface area contributed by atoms with Gasteiger partial charge in [-0.2, -0.15) is 0 Å². The standard InChI is InChI=1S/C19H27FN4OS/c1-4-5-6-11-24(14(2)3)13-17-22-23-19(26-17)18(25)21-12-15-7-9-16(20)10-8-15/h7-10,14H,4-6,11-13H2,1-3H3,(H,21,25). The van der Waals surface area contributed by atoms with E-state index >= 15 is 0 Å². The molecule has 0 aliphatic heterocycles. The Balaban J connectivity index is 1.88. The molecular weight excluding hydrogens is 351 g/mol. The zero-order valence-corrected chi connectivity index (χ0v) is 16.5. The van der Waals surface area contributed by atoms with Crippen LogP contribution in [0.1, 0.15) is 60.4 Å². The number of nitrogens with one attached hydrogen (secondary N) is 1. The zero-order valence-electron chi connectivity index (χ0n) is 15.7. The molecule has 7 heteroatoms. The van der Waals surface area contributed by atoms with E-state index < -0.39 is 0 Å². The molecule has 1 amide bonds. The van der Waals surface area contributed by atoms with E-state index in [0.29, 0.717) is 24.1 Å². The van der Waals surface area contributed by atoms with Crippen LogP contribution in [0.2, 0.25) is 0 Å². The summed E-state index contributed by atoms with van der Waals surface area (Å²) in [5.74, 6) is -0.539. The van der Waals surface area contributed by atoms with Gasteiger partial charge < -0.3 is 5.32 Å². The number of benzene rings is 1. The zero-order chi connectivity index (χ0) is 18.9. The van der Waals surface area contributed by atoms with Gasteiger partial charge >= 0.3 is 0 Å². The molecule has 26 heavy (non-hydrogen) atoms. The molecule has 142 valence electrons. The van der Waals surface area contributed by atoms with Crippen LogP contribution in [0.15, 0.2) is 24.3 Å². The molecule has 0 spiro atoms. The van der Waals surface area contributed by atoms with Crippen LogP contribution >= 0.6 is 11.3 Å². The maximum atomic E-state index is 12.9. The van der Waals surface area contributed by atoms with Crippen LogP contribution in [0.25, 0.3) is 0 Å². The van der Waals surface area contributed by atoms with Crippen molar-refractivity contribution in [1.82, 2.24) is 20.4 Å². The van der Waals surface area contributed by atoms with Crippen LogP contribution in [0.4, 0.5) is 4.39 Å². The fourth-order valence-corrected chi connectivity index (χ4v) is 3.31. The maximum absolute atomic E-state index is 12.9. The second-order valence-electron chi connectivity index (χ2n) is 6.58. The molecule has 0 atom stereocenters. The van der Waals surface area contributed by atoms with E-state index in [9.17, 15) is 9.18 Å². The van der Waals surface area contributed by atoms with Crippen molar-refractivity contribution in [2.75, 3.05) is 6.54 Å². The summed E-state index contributed by atoms with van der Waals surface area (Å²) < 4.78 is 12.9. The summed E-state index contributed by atoms with van der Waals surface area (Å²) in [6.45, 7) is 8.61. The molecule has 1 N–H and O–H groups in total. The van der Waals surface area contributed by atoms with Crippen LogP contribution in [-0.2, 0) is 13.1 Å². The number of rotatable bonds is 10. The lowest BCUT2D eigenvalue weighted by Gasteiger charge is -2.25. The number of hydrogen-bond acceptors (Lipinski definition) is 5. The Hall–Kier alpha value is -1.86. The van der Waals surface area contributed by atoms with Gasteiger partial charge in [-0.1, -0.05) is 43.2 Å². The van der Waals surface area contributed by atoms with Gasteiger partial charge in [0, 0.05) is 12.6 Å². The average Bonchev–Trinajstić information content (AvgIpc) is 3.09. The molecule has 1 aromatic heterocycles. The first-order valence-corrected chi connectivity index (χ1v) is 9.90. The molecule has 0 aliphatic rings. The average molecular weight is 379 g/mol. The van der Waals surface area contributed by atoms with Crippen molar-refractivity contribution in [2.45, 2.75) is 59.2 Å². The van der Waals surface area contributed by atoms with Gasteiger partial charge in [0.25, 0.3) is 5.91 Å². The number of nitrogens with zero attached hydrogens (tertiary/aromatic N) is 3. The summed E-state index contributed by atoms with van der Waals surface area (Å²) in [6, 6.07) is 6.48. The van der Waals surface area contributed by atoms with Gasteiger partial charge in [0.05, 0.1) is 6.54 Å². The Morgan fingerprint density at radius 3 is 2.62 bits per heavy atom. The molecule has 0 saturated carbocycles. The molecule has 2 rings (SSSR count). The normalized spacial score (nSPS) is 11.3. The summed E-state index contributed by atoms with van der Waals surface area (Å²) in [5, 5.41) is 12.2. The predicted molar refractivity (Wildman–Crippen MR) is 103 cm³/mol. The summed E-state index contributed by atoms with van der Waals surface area (Å²) in [4.78, 5) is 14.6. The first-order chi connectivity index (χ1) is 12.5. The van der Waals surface area contributed by atoms with Crippen LogP contribution in [-0.4, -0.2) is 33.6 Å². The van der Waals surface area contributed by atoms with Crippen LogP contribution < -0.4 is 5.32 Å². The molecule has 0 saturated heterocycles. The van der Waals surface area contributed by atoms with E-state index in [2.05, 4.69) is 41.2 Å². The quantitative estimate of drug-likeness (QED) is 0.635. The Kier molecular flexibility index (Phi) is 8.12. The Morgan fingerprint density at radius 1 is 1.23 bits per heavy atom. The molecule has 1 aromatic carbocycles. The second-order valence-corrected chi connectivity index (χ2v) is 7.64. The highest BCUT2D eigenvalue weighted by atomic mass is 32.1. The Bertz CT molecular complexity index is 687. The van der Waals surface area contributed by atoms with E-state index in [1.54, 1.807) is 12.1 Å². The minimum absolute atomic E-state index is 0.250. The Labute approximate surface area is 158 Å². The summed E-state index contributed by atoms with van der Waals surface area (Å²) >= 11 is 1.33. The lowest BCUT2D eigenvalue weighted by atomic mass is 10.2. The first kappa shape index (κ1) is 20.5. The molecule has 5 nitrogen and oxygen atoms in total. The minimum Gasteiger partial charge on any atom is -0.346 e. The van der Waals surface area contributed by atoms with Crippen molar-refractivity contribution in [3.63, 3.8) is 0 Å². The summed E-state index contributed by atoms with van der Waals surface area (Å²) in [6.07, 6.45) is 3.58. The molecule has 0 unspecified atom stereocenters. The van der Waals surface area contributed by atoms with Gasteiger partial charge in [0.1, 0.15) is 10.8 Å². The third-order valence-electron chi connectivity index (χ3n) is 4.14. The van der Waals surface area contributed by atoms with E-state index in [-0.39, 0.29) is 11.7 Å². The smallest absolute Gasteiger partial charge is 0.282 e.